The lowest BCUT2D eigenvalue weighted by molar-refractivity contribution is -0.142. The third-order valence-electron chi connectivity index (χ3n) is 3.63. The van der Waals surface area contributed by atoms with E-state index in [9.17, 15) is 14.4 Å². The van der Waals surface area contributed by atoms with Crippen molar-refractivity contribution in [3.05, 3.63) is 0 Å². The highest BCUT2D eigenvalue weighted by molar-refractivity contribution is 5.89. The fraction of sp³-hybridized carbons (Fsp3) is 0.750. The molecule has 0 aromatic heterocycles. The number of amides is 3. The highest BCUT2D eigenvalue weighted by Gasteiger charge is 2.50. The van der Waals surface area contributed by atoms with E-state index < -0.39 is 11.9 Å². The number of hydrogen-bond donors (Lipinski definition) is 2. The van der Waals surface area contributed by atoms with Crippen molar-refractivity contribution >= 4 is 17.9 Å². The summed E-state index contributed by atoms with van der Waals surface area (Å²) in [5.41, 5.74) is 0. The molecule has 7 heteroatoms. The van der Waals surface area contributed by atoms with Crippen molar-refractivity contribution in [2.75, 3.05) is 32.7 Å². The Bertz CT molecular complexity index is 390. The summed E-state index contributed by atoms with van der Waals surface area (Å²) in [7, 11) is 0. The smallest absolute Gasteiger partial charge is 0.317 e. The Hall–Kier alpha value is -1.79. The van der Waals surface area contributed by atoms with E-state index in [-0.39, 0.29) is 17.9 Å². The molecule has 0 aromatic carbocycles. The van der Waals surface area contributed by atoms with E-state index in [2.05, 4.69) is 5.32 Å². The van der Waals surface area contributed by atoms with Crippen molar-refractivity contribution in [3.63, 3.8) is 0 Å². The summed E-state index contributed by atoms with van der Waals surface area (Å²) in [4.78, 5) is 37.7. The van der Waals surface area contributed by atoms with Crippen LogP contribution in [0.5, 0.6) is 0 Å². The maximum Gasteiger partial charge on any atom is 0.317 e. The zero-order valence-electron chi connectivity index (χ0n) is 11.0. The van der Waals surface area contributed by atoms with Crippen molar-refractivity contribution < 1.29 is 19.5 Å². The van der Waals surface area contributed by atoms with Crippen LogP contribution in [-0.2, 0) is 9.59 Å². The van der Waals surface area contributed by atoms with E-state index in [0.717, 1.165) is 0 Å². The van der Waals surface area contributed by atoms with Crippen LogP contribution in [0.25, 0.3) is 0 Å². The average molecular weight is 269 g/mol. The van der Waals surface area contributed by atoms with Crippen LogP contribution in [0.2, 0.25) is 0 Å². The molecule has 1 heterocycles. The molecule has 19 heavy (non-hydrogen) atoms. The zero-order valence-corrected chi connectivity index (χ0v) is 11.0. The maximum absolute atomic E-state index is 12.0. The number of carboxylic acids is 1. The van der Waals surface area contributed by atoms with Crippen molar-refractivity contribution in [3.8, 4) is 0 Å². The van der Waals surface area contributed by atoms with Crippen molar-refractivity contribution in [2.45, 2.75) is 13.3 Å². The lowest BCUT2D eigenvalue weighted by Crippen LogP contribution is -2.53. The molecule has 1 saturated carbocycles. The molecule has 0 radical (unpaired) electrons. The summed E-state index contributed by atoms with van der Waals surface area (Å²) in [5.74, 6) is -1.83. The van der Waals surface area contributed by atoms with Gasteiger partial charge in [-0.3, -0.25) is 9.59 Å². The van der Waals surface area contributed by atoms with Gasteiger partial charge in [-0.1, -0.05) is 0 Å². The molecule has 2 atom stereocenters. The summed E-state index contributed by atoms with van der Waals surface area (Å²) < 4.78 is 0. The van der Waals surface area contributed by atoms with Gasteiger partial charge < -0.3 is 20.2 Å². The standard InChI is InChI=1S/C12H19N3O4/c1-2-13-12(19)15-5-3-14(4-6-15)10(16)8-7-9(8)11(17)18/h8-9H,2-7H2,1H3,(H,13,19)(H,17,18). The van der Waals surface area contributed by atoms with Crippen molar-refractivity contribution in [1.29, 1.82) is 0 Å². The van der Waals surface area contributed by atoms with Gasteiger partial charge in [0.15, 0.2) is 0 Å². The minimum absolute atomic E-state index is 0.0806. The summed E-state index contributed by atoms with van der Waals surface area (Å²) in [6.07, 6.45) is 0.449. The predicted molar refractivity (Wildman–Crippen MR) is 66.5 cm³/mol. The Balaban J connectivity index is 1.79. The van der Waals surface area contributed by atoms with Gasteiger partial charge in [0.25, 0.3) is 0 Å². The molecule has 1 saturated heterocycles. The van der Waals surface area contributed by atoms with Gasteiger partial charge in [-0.15, -0.1) is 0 Å². The number of aliphatic carboxylic acids is 1. The van der Waals surface area contributed by atoms with Gasteiger partial charge in [0, 0.05) is 32.7 Å². The van der Waals surface area contributed by atoms with Crippen LogP contribution in [-0.4, -0.2) is 65.5 Å². The molecule has 0 aromatic rings. The first-order chi connectivity index (χ1) is 9.04. The topological polar surface area (TPSA) is 90.0 Å². The number of rotatable bonds is 3. The third-order valence-corrected chi connectivity index (χ3v) is 3.63. The van der Waals surface area contributed by atoms with Gasteiger partial charge >= 0.3 is 12.0 Å². The van der Waals surface area contributed by atoms with Gasteiger partial charge in [0.05, 0.1) is 11.8 Å². The predicted octanol–water partition coefficient (Wildman–Crippen LogP) is -0.419. The Morgan fingerprint density at radius 2 is 1.68 bits per heavy atom. The fourth-order valence-corrected chi connectivity index (χ4v) is 2.37. The van der Waals surface area contributed by atoms with Crippen molar-refractivity contribution in [1.82, 2.24) is 15.1 Å². The quantitative estimate of drug-likeness (QED) is 0.728. The normalized spacial score (nSPS) is 25.9. The number of piperazine rings is 1. The van der Waals surface area contributed by atoms with Crippen LogP contribution in [0.15, 0.2) is 0 Å². The summed E-state index contributed by atoms with van der Waals surface area (Å²) in [6.45, 7) is 4.42. The number of urea groups is 1. The Morgan fingerprint density at radius 1 is 1.11 bits per heavy atom. The minimum Gasteiger partial charge on any atom is -0.481 e. The van der Waals surface area contributed by atoms with Gasteiger partial charge in [-0.05, 0) is 13.3 Å². The summed E-state index contributed by atoms with van der Waals surface area (Å²) in [5, 5.41) is 11.5. The second-order valence-corrected chi connectivity index (χ2v) is 4.93. The summed E-state index contributed by atoms with van der Waals surface area (Å²) in [6, 6.07) is -0.107. The average Bonchev–Trinajstić information content (AvgIpc) is 3.19. The first-order valence-electron chi connectivity index (χ1n) is 6.59. The molecule has 1 aliphatic carbocycles. The molecule has 106 valence electrons. The monoisotopic (exact) mass is 269 g/mol. The number of nitrogens with zero attached hydrogens (tertiary/aromatic N) is 2. The third kappa shape index (κ3) is 2.97. The van der Waals surface area contributed by atoms with E-state index in [0.29, 0.717) is 39.1 Å². The Kier molecular flexibility index (Phi) is 3.92. The van der Waals surface area contributed by atoms with Crippen LogP contribution in [0.3, 0.4) is 0 Å². The largest absolute Gasteiger partial charge is 0.481 e. The molecule has 2 rings (SSSR count). The fourth-order valence-electron chi connectivity index (χ4n) is 2.37. The summed E-state index contributed by atoms with van der Waals surface area (Å²) >= 11 is 0. The van der Waals surface area contributed by atoms with Crippen LogP contribution < -0.4 is 5.32 Å². The molecule has 0 bridgehead atoms. The molecule has 7 nitrogen and oxygen atoms in total. The molecule has 2 fully saturated rings. The van der Waals surface area contributed by atoms with Crippen LogP contribution >= 0.6 is 0 Å². The lowest BCUT2D eigenvalue weighted by atomic mass is 10.2. The van der Waals surface area contributed by atoms with Crippen LogP contribution in [0.1, 0.15) is 13.3 Å². The van der Waals surface area contributed by atoms with Crippen molar-refractivity contribution in [2.24, 2.45) is 11.8 Å². The molecule has 1 aliphatic heterocycles. The molecular formula is C12H19N3O4. The number of carbonyl (C=O) groups excluding carboxylic acids is 2. The zero-order chi connectivity index (χ0) is 14.0. The second kappa shape index (κ2) is 5.46. The number of carboxylic acid groups (broad SMARTS) is 1. The van der Waals surface area contributed by atoms with Crippen LogP contribution in [0, 0.1) is 11.8 Å². The van der Waals surface area contributed by atoms with E-state index in [1.54, 1.807) is 9.80 Å². The van der Waals surface area contributed by atoms with E-state index in [1.807, 2.05) is 6.92 Å². The molecule has 0 spiro atoms. The Morgan fingerprint density at radius 3 is 2.16 bits per heavy atom. The van der Waals surface area contributed by atoms with E-state index >= 15 is 0 Å². The van der Waals surface area contributed by atoms with Gasteiger partial charge in [-0.25, -0.2) is 4.79 Å². The molecule has 2 unspecified atom stereocenters. The van der Waals surface area contributed by atoms with E-state index in [1.165, 1.54) is 0 Å². The van der Waals surface area contributed by atoms with Gasteiger partial charge in [0.1, 0.15) is 0 Å². The lowest BCUT2D eigenvalue weighted by Gasteiger charge is -2.34. The highest BCUT2D eigenvalue weighted by atomic mass is 16.4. The number of nitrogens with one attached hydrogen (secondary N) is 1. The first kappa shape index (κ1) is 13.6. The first-order valence-corrected chi connectivity index (χ1v) is 6.59. The second-order valence-electron chi connectivity index (χ2n) is 4.93. The van der Waals surface area contributed by atoms with Gasteiger partial charge in [-0.2, -0.15) is 0 Å². The molecule has 3 amide bonds. The number of carbonyl (C=O) groups is 3. The molecule has 2 N–H and O–H groups in total. The Labute approximate surface area is 111 Å². The van der Waals surface area contributed by atoms with Gasteiger partial charge in [0.2, 0.25) is 5.91 Å². The molecule has 2 aliphatic rings. The van der Waals surface area contributed by atoms with Crippen LogP contribution in [0.4, 0.5) is 4.79 Å². The minimum atomic E-state index is -0.890. The highest BCUT2D eigenvalue weighted by Crippen LogP contribution is 2.40. The SMILES string of the molecule is CCNC(=O)N1CCN(C(=O)C2CC2C(=O)O)CC1. The maximum atomic E-state index is 12.0. The molecular weight excluding hydrogens is 250 g/mol. The number of hydrogen-bond acceptors (Lipinski definition) is 3. The van der Waals surface area contributed by atoms with E-state index in [4.69, 9.17) is 5.11 Å².